The van der Waals surface area contributed by atoms with E-state index in [1.807, 2.05) is 0 Å². The topological polar surface area (TPSA) is 0 Å². The number of hydrogen-bond acceptors (Lipinski definition) is 1. The Morgan fingerprint density at radius 1 is 1.22 bits per heavy atom. The fraction of sp³-hybridized carbons (Fsp3) is 0.600. The molecule has 0 bridgehead atoms. The van der Waals surface area contributed by atoms with Gasteiger partial charge in [-0.3, -0.25) is 0 Å². The average Bonchev–Trinajstić information content (AvgIpc) is 2.62. The van der Waals surface area contributed by atoms with E-state index in [9.17, 15) is 0 Å². The first-order valence-electron chi connectivity index (χ1n) is 6.74. The molecule has 0 aromatic carbocycles. The van der Waals surface area contributed by atoms with Crippen molar-refractivity contribution in [2.24, 2.45) is 0 Å². The minimum atomic E-state index is -1.25. The quantitative estimate of drug-likeness (QED) is 0.357. The van der Waals surface area contributed by atoms with Crippen LogP contribution in [0.4, 0.5) is 0 Å². The maximum atomic E-state index is 3.67. The Bertz CT molecular complexity index is 432. The molecule has 1 rings (SSSR count). The van der Waals surface area contributed by atoms with Gasteiger partial charge in [0.1, 0.15) is 8.07 Å². The monoisotopic (exact) mass is 342 g/mol. The van der Waals surface area contributed by atoms with Crippen molar-refractivity contribution in [2.45, 2.75) is 58.7 Å². The summed E-state index contributed by atoms with van der Waals surface area (Å²) in [5, 5.41) is 0. The van der Waals surface area contributed by atoms with Gasteiger partial charge in [0, 0.05) is 0 Å². The van der Waals surface area contributed by atoms with Crippen molar-refractivity contribution in [1.82, 2.24) is 0 Å². The third-order valence-electron chi connectivity index (χ3n) is 2.62. The van der Waals surface area contributed by atoms with Crippen molar-refractivity contribution in [2.75, 3.05) is 0 Å². The molecular formula is C15H23BrSSi. The second kappa shape index (κ2) is 7.52. The van der Waals surface area contributed by atoms with Crippen molar-refractivity contribution in [3.05, 3.63) is 20.3 Å². The minimum Gasteiger partial charge on any atom is -0.126 e. The number of rotatable bonds is 5. The predicted molar refractivity (Wildman–Crippen MR) is 90.1 cm³/mol. The molecule has 0 aliphatic rings. The average molecular weight is 343 g/mol. The van der Waals surface area contributed by atoms with E-state index in [2.05, 4.69) is 60.0 Å². The van der Waals surface area contributed by atoms with E-state index in [0.717, 1.165) is 0 Å². The summed E-state index contributed by atoms with van der Waals surface area (Å²) >= 11 is 5.45. The second-order valence-corrected chi connectivity index (χ2v) is 12.8. The molecule has 0 N–H and O–H groups in total. The van der Waals surface area contributed by atoms with Crippen LogP contribution in [0.15, 0.2) is 9.85 Å². The van der Waals surface area contributed by atoms with E-state index in [1.54, 1.807) is 11.3 Å². The lowest BCUT2D eigenvalue weighted by molar-refractivity contribution is 0.667. The van der Waals surface area contributed by atoms with E-state index in [4.69, 9.17) is 0 Å². The van der Waals surface area contributed by atoms with Crippen LogP contribution in [0.1, 0.15) is 43.0 Å². The van der Waals surface area contributed by atoms with Crippen molar-refractivity contribution in [3.63, 3.8) is 0 Å². The van der Waals surface area contributed by atoms with Crippen molar-refractivity contribution in [1.29, 1.82) is 0 Å². The highest BCUT2D eigenvalue weighted by molar-refractivity contribution is 9.11. The zero-order valence-electron chi connectivity index (χ0n) is 11.9. The lowest BCUT2D eigenvalue weighted by atomic mass is 10.1. The molecule has 0 aliphatic heterocycles. The van der Waals surface area contributed by atoms with E-state index in [-0.39, 0.29) is 0 Å². The van der Waals surface area contributed by atoms with Crippen LogP contribution < -0.4 is 0 Å². The van der Waals surface area contributed by atoms with E-state index in [0.29, 0.717) is 0 Å². The number of thiophene rings is 1. The van der Waals surface area contributed by atoms with Gasteiger partial charge in [-0.1, -0.05) is 51.7 Å². The maximum absolute atomic E-state index is 3.67. The van der Waals surface area contributed by atoms with Crippen LogP contribution in [-0.2, 0) is 6.42 Å². The van der Waals surface area contributed by atoms with Crippen LogP contribution in [0.5, 0.6) is 0 Å². The number of aryl methyl sites for hydroxylation is 1. The van der Waals surface area contributed by atoms with E-state index < -0.39 is 8.07 Å². The van der Waals surface area contributed by atoms with Crippen LogP contribution in [-0.4, -0.2) is 8.07 Å². The number of unbranched alkanes of at least 4 members (excludes halogenated alkanes) is 3. The molecule has 0 saturated carbocycles. The summed E-state index contributed by atoms with van der Waals surface area (Å²) in [6.07, 6.45) is 6.48. The molecule has 0 spiro atoms. The molecule has 18 heavy (non-hydrogen) atoms. The van der Waals surface area contributed by atoms with Crippen molar-refractivity contribution in [3.8, 4) is 11.5 Å². The van der Waals surface area contributed by atoms with Crippen LogP contribution in [0.3, 0.4) is 0 Å². The Labute approximate surface area is 125 Å². The summed E-state index contributed by atoms with van der Waals surface area (Å²) in [6.45, 7) is 9.11. The standard InChI is InChI=1S/C15H23BrSSi/c1-5-6-7-8-9-13-12-14(17-15(13)16)10-11-18(2,3)4/h12H,5-9H2,1-4H3. The Kier molecular flexibility index (Phi) is 6.69. The Hall–Kier alpha value is -0.0431. The highest BCUT2D eigenvalue weighted by Crippen LogP contribution is 2.29. The fourth-order valence-electron chi connectivity index (χ4n) is 1.63. The highest BCUT2D eigenvalue weighted by atomic mass is 79.9. The van der Waals surface area contributed by atoms with Crippen LogP contribution in [0.2, 0.25) is 19.6 Å². The van der Waals surface area contributed by atoms with Gasteiger partial charge in [-0.15, -0.1) is 16.9 Å². The van der Waals surface area contributed by atoms with Gasteiger partial charge in [-0.25, -0.2) is 0 Å². The summed E-state index contributed by atoms with van der Waals surface area (Å²) in [4.78, 5) is 1.22. The largest absolute Gasteiger partial charge is 0.129 e. The van der Waals surface area contributed by atoms with Gasteiger partial charge in [0.15, 0.2) is 0 Å². The third-order valence-corrected chi connectivity index (χ3v) is 5.37. The molecule has 0 aliphatic carbocycles. The van der Waals surface area contributed by atoms with Crippen molar-refractivity contribution < 1.29 is 0 Å². The lowest BCUT2D eigenvalue weighted by Gasteiger charge is -2.02. The molecule has 0 unspecified atom stereocenters. The van der Waals surface area contributed by atoms with Gasteiger partial charge in [-0.2, -0.15) is 0 Å². The summed E-state index contributed by atoms with van der Waals surface area (Å²) in [7, 11) is -1.25. The zero-order valence-corrected chi connectivity index (χ0v) is 15.3. The Balaban J connectivity index is 2.61. The normalized spacial score (nSPS) is 11.2. The molecule has 1 aromatic heterocycles. The lowest BCUT2D eigenvalue weighted by Crippen LogP contribution is -2.16. The first-order chi connectivity index (χ1) is 8.42. The molecule has 0 saturated heterocycles. The second-order valence-electron chi connectivity index (χ2n) is 5.72. The molecule has 1 heterocycles. The van der Waals surface area contributed by atoms with Crippen molar-refractivity contribution >= 4 is 35.3 Å². The van der Waals surface area contributed by atoms with E-state index in [1.165, 1.54) is 46.3 Å². The summed E-state index contributed by atoms with van der Waals surface area (Å²) in [5.41, 5.74) is 4.87. The predicted octanol–water partition coefficient (Wildman–Crippen LogP) is 5.86. The Morgan fingerprint density at radius 3 is 2.56 bits per heavy atom. The van der Waals surface area contributed by atoms with Gasteiger partial charge < -0.3 is 0 Å². The molecular weight excluding hydrogens is 320 g/mol. The number of hydrogen-bond donors (Lipinski definition) is 0. The highest BCUT2D eigenvalue weighted by Gasteiger charge is 2.09. The van der Waals surface area contributed by atoms with Gasteiger partial charge in [-0.05, 0) is 40.4 Å². The first kappa shape index (κ1) is 16.0. The molecule has 1 aromatic rings. The van der Waals surface area contributed by atoms with Gasteiger partial charge in [0.2, 0.25) is 0 Å². The van der Waals surface area contributed by atoms with Gasteiger partial charge in [0.25, 0.3) is 0 Å². The van der Waals surface area contributed by atoms with Crippen LogP contribution in [0.25, 0.3) is 0 Å². The molecule has 0 nitrogen and oxygen atoms in total. The summed E-state index contributed by atoms with van der Waals surface area (Å²) in [5.74, 6) is 3.35. The zero-order chi connectivity index (χ0) is 13.6. The smallest absolute Gasteiger partial charge is 0.126 e. The SMILES string of the molecule is CCCCCCc1cc(C#C[Si](C)(C)C)sc1Br. The summed E-state index contributed by atoms with van der Waals surface area (Å²) < 4.78 is 1.28. The molecule has 3 heteroatoms. The molecule has 100 valence electrons. The molecule has 0 radical (unpaired) electrons. The first-order valence-corrected chi connectivity index (χ1v) is 11.8. The fourth-order valence-corrected chi connectivity index (χ4v) is 3.85. The minimum absolute atomic E-state index is 1.19. The maximum Gasteiger partial charge on any atom is 0.129 e. The molecule has 0 amide bonds. The van der Waals surface area contributed by atoms with E-state index >= 15 is 0 Å². The Morgan fingerprint density at radius 2 is 1.94 bits per heavy atom. The van der Waals surface area contributed by atoms with Crippen LogP contribution in [0, 0.1) is 11.5 Å². The summed E-state index contributed by atoms with van der Waals surface area (Å²) in [6, 6.07) is 2.27. The van der Waals surface area contributed by atoms with Crippen LogP contribution >= 0.6 is 27.3 Å². The third kappa shape index (κ3) is 6.22. The molecule has 0 fully saturated rings. The van der Waals surface area contributed by atoms with Gasteiger partial charge in [0.05, 0.1) is 8.66 Å². The van der Waals surface area contributed by atoms with Gasteiger partial charge >= 0.3 is 0 Å². The number of halogens is 1. The molecule has 0 atom stereocenters.